The van der Waals surface area contributed by atoms with Gasteiger partial charge in [0.1, 0.15) is 16.9 Å². The number of rotatable bonds is 4. The zero-order valence-electron chi connectivity index (χ0n) is 12.8. The van der Waals surface area contributed by atoms with Gasteiger partial charge in [0.15, 0.2) is 11.6 Å². The maximum absolute atomic E-state index is 11.0. The van der Waals surface area contributed by atoms with Crippen molar-refractivity contribution in [3.05, 3.63) is 23.8 Å². The maximum atomic E-state index is 11.0. The number of fused-ring (bicyclic) bond motifs is 1. The van der Waals surface area contributed by atoms with E-state index >= 15 is 0 Å². The van der Waals surface area contributed by atoms with E-state index in [1.54, 1.807) is 17.5 Å². The van der Waals surface area contributed by atoms with Crippen molar-refractivity contribution in [3.8, 4) is 11.6 Å². The molecule has 118 valence electrons. The molecule has 0 aromatic carbocycles. The van der Waals surface area contributed by atoms with Crippen LogP contribution in [0.3, 0.4) is 0 Å². The van der Waals surface area contributed by atoms with E-state index in [-0.39, 0.29) is 12.0 Å². The van der Waals surface area contributed by atoms with E-state index in [0.29, 0.717) is 5.82 Å². The molecule has 0 spiro atoms. The molecule has 1 fully saturated rings. The predicted octanol–water partition coefficient (Wildman–Crippen LogP) is 2.87. The largest absolute Gasteiger partial charge is 0.367 e. The maximum Gasteiger partial charge on any atom is 0.199 e. The number of carbonyl (C=O) groups is 1. The molecule has 0 unspecified atom stereocenters. The third-order valence-electron chi connectivity index (χ3n) is 4.35. The van der Waals surface area contributed by atoms with Gasteiger partial charge in [0.25, 0.3) is 0 Å². The van der Waals surface area contributed by atoms with E-state index in [1.165, 1.54) is 0 Å². The van der Waals surface area contributed by atoms with Gasteiger partial charge in [-0.3, -0.25) is 0 Å². The van der Waals surface area contributed by atoms with Crippen molar-refractivity contribution in [1.82, 2.24) is 19.5 Å². The fourth-order valence-corrected chi connectivity index (χ4v) is 3.87. The second kappa shape index (κ2) is 5.73. The van der Waals surface area contributed by atoms with Crippen LogP contribution in [0, 0.1) is 5.92 Å². The summed E-state index contributed by atoms with van der Waals surface area (Å²) in [6.45, 7) is 0. The lowest BCUT2D eigenvalue weighted by Gasteiger charge is -2.14. The number of imidazole rings is 1. The molecule has 4 rings (SSSR count). The zero-order valence-corrected chi connectivity index (χ0v) is 13.6. The summed E-state index contributed by atoms with van der Waals surface area (Å²) in [6, 6.07) is 2.33. The number of hydrogen-bond acceptors (Lipinski definition) is 6. The SMILES string of the molecule is Cn1ccnc1-c1nc(N[C@@H]2CC[C@H](C=O)C2)c2ccsc2n1. The van der Waals surface area contributed by atoms with Crippen LogP contribution < -0.4 is 5.32 Å². The van der Waals surface area contributed by atoms with Crippen LogP contribution in [-0.4, -0.2) is 31.8 Å². The molecule has 1 aliphatic carbocycles. The van der Waals surface area contributed by atoms with Crippen LogP contribution >= 0.6 is 11.3 Å². The van der Waals surface area contributed by atoms with Gasteiger partial charge in [0.05, 0.1) is 5.39 Å². The third kappa shape index (κ3) is 2.61. The van der Waals surface area contributed by atoms with Crippen LogP contribution in [0.2, 0.25) is 0 Å². The molecule has 0 aliphatic heterocycles. The number of aromatic nitrogens is 4. The summed E-state index contributed by atoms with van der Waals surface area (Å²) in [5, 5.41) is 6.57. The quantitative estimate of drug-likeness (QED) is 0.746. The van der Waals surface area contributed by atoms with Crippen molar-refractivity contribution in [2.45, 2.75) is 25.3 Å². The van der Waals surface area contributed by atoms with Gasteiger partial charge in [0, 0.05) is 31.4 Å². The van der Waals surface area contributed by atoms with Gasteiger partial charge < -0.3 is 14.7 Å². The van der Waals surface area contributed by atoms with Gasteiger partial charge in [-0.1, -0.05) is 0 Å². The second-order valence-corrected chi connectivity index (χ2v) is 6.84. The first-order valence-corrected chi connectivity index (χ1v) is 8.57. The van der Waals surface area contributed by atoms with Crippen LogP contribution in [0.25, 0.3) is 21.9 Å². The lowest BCUT2D eigenvalue weighted by molar-refractivity contribution is -0.110. The first-order valence-electron chi connectivity index (χ1n) is 7.69. The number of anilines is 1. The molecule has 0 amide bonds. The third-order valence-corrected chi connectivity index (χ3v) is 5.16. The first kappa shape index (κ1) is 14.3. The summed E-state index contributed by atoms with van der Waals surface area (Å²) in [7, 11) is 1.93. The van der Waals surface area contributed by atoms with Crippen molar-refractivity contribution in [3.63, 3.8) is 0 Å². The lowest BCUT2D eigenvalue weighted by atomic mass is 10.1. The Kier molecular flexibility index (Phi) is 3.57. The van der Waals surface area contributed by atoms with Crippen molar-refractivity contribution in [2.24, 2.45) is 13.0 Å². The van der Waals surface area contributed by atoms with Crippen molar-refractivity contribution in [1.29, 1.82) is 0 Å². The highest BCUT2D eigenvalue weighted by atomic mass is 32.1. The minimum Gasteiger partial charge on any atom is -0.367 e. The smallest absolute Gasteiger partial charge is 0.199 e. The molecule has 1 N–H and O–H groups in total. The summed E-state index contributed by atoms with van der Waals surface area (Å²) >= 11 is 1.60. The Morgan fingerprint density at radius 2 is 2.30 bits per heavy atom. The summed E-state index contributed by atoms with van der Waals surface area (Å²) in [5.41, 5.74) is 0. The Morgan fingerprint density at radius 1 is 1.39 bits per heavy atom. The molecule has 3 heterocycles. The van der Waals surface area contributed by atoms with Gasteiger partial charge in [-0.25, -0.2) is 15.0 Å². The molecule has 6 nitrogen and oxygen atoms in total. The van der Waals surface area contributed by atoms with Crippen molar-refractivity contribution in [2.75, 3.05) is 5.32 Å². The topological polar surface area (TPSA) is 72.7 Å². The average Bonchev–Trinajstić information content (AvgIpc) is 3.26. The Labute approximate surface area is 137 Å². The van der Waals surface area contributed by atoms with E-state index in [2.05, 4.69) is 15.3 Å². The lowest BCUT2D eigenvalue weighted by Crippen LogP contribution is -2.17. The molecule has 3 aromatic heterocycles. The normalized spacial score (nSPS) is 20.9. The van der Waals surface area contributed by atoms with Gasteiger partial charge in [-0.2, -0.15) is 0 Å². The highest BCUT2D eigenvalue weighted by Gasteiger charge is 2.25. The molecule has 0 radical (unpaired) electrons. The summed E-state index contributed by atoms with van der Waals surface area (Å²) in [4.78, 5) is 25.6. The highest BCUT2D eigenvalue weighted by Crippen LogP contribution is 2.31. The molecule has 1 aliphatic rings. The number of nitrogens with one attached hydrogen (secondary N) is 1. The number of nitrogens with zero attached hydrogens (tertiary/aromatic N) is 4. The zero-order chi connectivity index (χ0) is 15.8. The second-order valence-electron chi connectivity index (χ2n) is 5.95. The Morgan fingerprint density at radius 3 is 3.04 bits per heavy atom. The Hall–Kier alpha value is -2.28. The monoisotopic (exact) mass is 327 g/mol. The molecule has 0 bridgehead atoms. The van der Waals surface area contributed by atoms with E-state index in [1.807, 2.05) is 29.3 Å². The minimum atomic E-state index is 0.168. The highest BCUT2D eigenvalue weighted by molar-refractivity contribution is 7.16. The number of thiophene rings is 1. The number of aldehydes is 1. The molecule has 1 saturated carbocycles. The Bertz CT molecular complexity index is 855. The van der Waals surface area contributed by atoms with Crippen LogP contribution in [-0.2, 0) is 11.8 Å². The van der Waals surface area contributed by atoms with Crippen LogP contribution in [0.15, 0.2) is 23.8 Å². The molecule has 23 heavy (non-hydrogen) atoms. The fourth-order valence-electron chi connectivity index (χ4n) is 3.11. The first-order chi connectivity index (χ1) is 11.2. The van der Waals surface area contributed by atoms with Gasteiger partial charge >= 0.3 is 0 Å². The number of aryl methyl sites for hydroxylation is 1. The van der Waals surface area contributed by atoms with Crippen LogP contribution in [0.1, 0.15) is 19.3 Å². The standard InChI is InChI=1S/C16H17N5OS/c1-21-6-5-17-15(21)14-19-13(12-4-7-23-16(12)20-14)18-11-3-2-10(8-11)9-22/h4-7,9-11H,2-3,8H2,1H3,(H,18,19,20)/t10-,11+/m0/s1. The van der Waals surface area contributed by atoms with Crippen molar-refractivity contribution >= 4 is 33.7 Å². The van der Waals surface area contributed by atoms with Gasteiger partial charge in [0.2, 0.25) is 0 Å². The summed E-state index contributed by atoms with van der Waals surface area (Å²) in [6.07, 6.45) is 7.52. The molecule has 3 aromatic rings. The van der Waals surface area contributed by atoms with Gasteiger partial charge in [-0.05, 0) is 30.7 Å². The molecule has 2 atom stereocenters. The minimum absolute atomic E-state index is 0.168. The fraction of sp³-hybridized carbons (Fsp3) is 0.375. The number of carbonyl (C=O) groups excluding carboxylic acids is 1. The molecular weight excluding hydrogens is 310 g/mol. The molecule has 7 heteroatoms. The predicted molar refractivity (Wildman–Crippen MR) is 90.4 cm³/mol. The van der Waals surface area contributed by atoms with Crippen LogP contribution in [0.5, 0.6) is 0 Å². The average molecular weight is 327 g/mol. The van der Waals surface area contributed by atoms with E-state index < -0.39 is 0 Å². The van der Waals surface area contributed by atoms with Crippen LogP contribution in [0.4, 0.5) is 5.82 Å². The summed E-state index contributed by atoms with van der Waals surface area (Å²) in [5.74, 6) is 2.38. The van der Waals surface area contributed by atoms with E-state index in [9.17, 15) is 4.79 Å². The van der Waals surface area contributed by atoms with E-state index in [0.717, 1.165) is 47.4 Å². The summed E-state index contributed by atoms with van der Waals surface area (Å²) < 4.78 is 1.91. The molecular formula is C16H17N5OS. The molecule has 0 saturated heterocycles. The number of hydrogen-bond donors (Lipinski definition) is 1. The van der Waals surface area contributed by atoms with Gasteiger partial charge in [-0.15, -0.1) is 11.3 Å². The Balaban J connectivity index is 1.72. The van der Waals surface area contributed by atoms with E-state index in [4.69, 9.17) is 4.98 Å². The van der Waals surface area contributed by atoms with Crippen molar-refractivity contribution < 1.29 is 4.79 Å².